The number of nitrogens with one attached hydrogen (secondary N) is 1. The van der Waals surface area contributed by atoms with E-state index in [2.05, 4.69) is 10.4 Å². The van der Waals surface area contributed by atoms with Crippen molar-refractivity contribution in [1.29, 1.82) is 0 Å². The van der Waals surface area contributed by atoms with Gasteiger partial charge in [-0.05, 0) is 18.9 Å². The first-order chi connectivity index (χ1) is 7.91. The van der Waals surface area contributed by atoms with Crippen molar-refractivity contribution in [2.45, 2.75) is 31.5 Å². The number of likely N-dealkylation sites (N-methyl/N-ethyl adjacent to an activating group) is 1. The molecule has 1 aliphatic rings. The van der Waals surface area contributed by atoms with Crippen molar-refractivity contribution in [3.05, 3.63) is 17.5 Å². The highest BCUT2D eigenvalue weighted by atomic mass is 19.4. The van der Waals surface area contributed by atoms with Gasteiger partial charge in [0, 0.05) is 18.7 Å². The predicted octanol–water partition coefficient (Wildman–Crippen LogP) is 1.53. The maximum atomic E-state index is 12.5. The van der Waals surface area contributed by atoms with Crippen LogP contribution in [-0.4, -0.2) is 22.7 Å². The molecule has 1 aliphatic carbocycles. The molecule has 0 atom stereocenters. The van der Waals surface area contributed by atoms with Crippen LogP contribution in [0.5, 0.6) is 0 Å². The first-order valence-corrected chi connectivity index (χ1v) is 5.27. The lowest BCUT2D eigenvalue weighted by Gasteiger charge is -2.05. The minimum Gasteiger partial charge on any atom is -0.358 e. The zero-order valence-electron chi connectivity index (χ0n) is 9.21. The molecule has 0 bridgehead atoms. The molecule has 1 amide bonds. The Hall–Kier alpha value is -1.53. The summed E-state index contributed by atoms with van der Waals surface area (Å²) < 4.78 is 38.7. The number of alkyl halides is 3. The topological polar surface area (TPSA) is 46.9 Å². The molecule has 1 aromatic heterocycles. The Morgan fingerprint density at radius 2 is 2.24 bits per heavy atom. The van der Waals surface area contributed by atoms with Crippen LogP contribution in [0.1, 0.15) is 30.1 Å². The van der Waals surface area contributed by atoms with E-state index in [-0.39, 0.29) is 18.4 Å². The van der Waals surface area contributed by atoms with E-state index in [1.807, 2.05) is 0 Å². The lowest BCUT2D eigenvalue weighted by atomic mass is 10.2. The van der Waals surface area contributed by atoms with E-state index in [4.69, 9.17) is 0 Å². The maximum absolute atomic E-state index is 12.5. The molecule has 0 radical (unpaired) electrons. The third-order valence-electron chi connectivity index (χ3n) is 2.67. The average molecular weight is 247 g/mol. The van der Waals surface area contributed by atoms with Crippen molar-refractivity contribution in [3.8, 4) is 0 Å². The van der Waals surface area contributed by atoms with Crippen molar-refractivity contribution in [2.24, 2.45) is 0 Å². The highest BCUT2D eigenvalue weighted by Crippen LogP contribution is 2.42. The minimum absolute atomic E-state index is 0.114. The first-order valence-electron chi connectivity index (χ1n) is 5.27. The van der Waals surface area contributed by atoms with Gasteiger partial charge < -0.3 is 5.32 Å². The van der Waals surface area contributed by atoms with Gasteiger partial charge in [-0.25, -0.2) is 0 Å². The van der Waals surface area contributed by atoms with Gasteiger partial charge in [-0.3, -0.25) is 9.48 Å². The third kappa shape index (κ3) is 2.59. The summed E-state index contributed by atoms with van der Waals surface area (Å²) >= 11 is 0. The summed E-state index contributed by atoms with van der Waals surface area (Å²) in [6, 6.07) is 1.04. The second kappa shape index (κ2) is 4.05. The highest BCUT2D eigenvalue weighted by Gasteiger charge is 2.37. The maximum Gasteiger partial charge on any atom is 0.435 e. The van der Waals surface area contributed by atoms with Gasteiger partial charge in [0.2, 0.25) is 5.91 Å². The standard InChI is InChI=1S/C10H12F3N3O/c1-14-9(17)5-16-7(6-2-3-6)4-8(15-16)10(11,12)13/h4,6H,2-3,5H2,1H3,(H,14,17). The summed E-state index contributed by atoms with van der Waals surface area (Å²) in [5, 5.41) is 5.83. The van der Waals surface area contributed by atoms with Gasteiger partial charge in [-0.1, -0.05) is 0 Å². The third-order valence-corrected chi connectivity index (χ3v) is 2.67. The van der Waals surface area contributed by atoms with Crippen LogP contribution in [0, 0.1) is 0 Å². The number of aromatic nitrogens is 2. The Morgan fingerprint density at radius 3 is 2.71 bits per heavy atom. The van der Waals surface area contributed by atoms with Gasteiger partial charge in [0.15, 0.2) is 5.69 Å². The molecule has 0 aromatic carbocycles. The molecule has 1 N–H and O–H groups in total. The molecule has 1 saturated carbocycles. The number of carbonyl (C=O) groups is 1. The largest absolute Gasteiger partial charge is 0.435 e. The molecular formula is C10H12F3N3O. The summed E-state index contributed by atoms with van der Waals surface area (Å²) in [5.74, 6) is -0.244. The molecule has 0 spiro atoms. The van der Waals surface area contributed by atoms with E-state index < -0.39 is 11.9 Å². The van der Waals surface area contributed by atoms with Crippen LogP contribution in [0.25, 0.3) is 0 Å². The van der Waals surface area contributed by atoms with Crippen LogP contribution >= 0.6 is 0 Å². The van der Waals surface area contributed by atoms with Crippen molar-refractivity contribution in [3.63, 3.8) is 0 Å². The van der Waals surface area contributed by atoms with E-state index in [0.717, 1.165) is 23.6 Å². The van der Waals surface area contributed by atoms with E-state index in [1.165, 1.54) is 7.05 Å². The Morgan fingerprint density at radius 1 is 1.59 bits per heavy atom. The molecule has 2 rings (SSSR count). The summed E-state index contributed by atoms with van der Waals surface area (Å²) in [4.78, 5) is 11.2. The fourth-order valence-corrected chi connectivity index (χ4v) is 1.62. The Balaban J connectivity index is 2.29. The van der Waals surface area contributed by atoms with E-state index in [1.54, 1.807) is 0 Å². The lowest BCUT2D eigenvalue weighted by molar-refractivity contribution is -0.141. The van der Waals surface area contributed by atoms with Gasteiger partial charge in [-0.15, -0.1) is 0 Å². The summed E-state index contributed by atoms with van der Waals surface area (Å²) in [6.07, 6.45) is -2.74. The second-order valence-corrected chi connectivity index (χ2v) is 4.06. The fraction of sp³-hybridized carbons (Fsp3) is 0.600. The van der Waals surface area contributed by atoms with Gasteiger partial charge in [0.05, 0.1) is 0 Å². The molecule has 4 nitrogen and oxygen atoms in total. The van der Waals surface area contributed by atoms with Crippen LogP contribution in [0.4, 0.5) is 13.2 Å². The van der Waals surface area contributed by atoms with Crippen LogP contribution in [0.3, 0.4) is 0 Å². The Bertz CT molecular complexity index is 434. The number of rotatable bonds is 3. The summed E-state index contributed by atoms with van der Waals surface area (Å²) in [5.41, 5.74) is -0.427. The molecule has 0 saturated heterocycles. The molecule has 1 fully saturated rings. The van der Waals surface area contributed by atoms with Crippen LogP contribution in [0.2, 0.25) is 0 Å². The lowest BCUT2D eigenvalue weighted by Crippen LogP contribution is -2.25. The van der Waals surface area contributed by atoms with Gasteiger partial charge in [-0.2, -0.15) is 18.3 Å². The highest BCUT2D eigenvalue weighted by molar-refractivity contribution is 5.75. The van der Waals surface area contributed by atoms with Crippen molar-refractivity contribution >= 4 is 5.91 Å². The SMILES string of the molecule is CNC(=O)Cn1nc(C(F)(F)F)cc1C1CC1. The molecule has 1 aromatic rings. The number of carbonyl (C=O) groups excluding carboxylic acids is 1. The zero-order valence-corrected chi connectivity index (χ0v) is 9.21. The van der Waals surface area contributed by atoms with Gasteiger partial charge >= 0.3 is 6.18 Å². The zero-order chi connectivity index (χ0) is 12.6. The Kier molecular flexibility index (Phi) is 2.84. The number of halogens is 3. The van der Waals surface area contributed by atoms with E-state index in [9.17, 15) is 18.0 Å². The Labute approximate surface area is 95.8 Å². The average Bonchev–Trinajstić information content (AvgIpc) is 2.99. The molecule has 7 heteroatoms. The fourth-order valence-electron chi connectivity index (χ4n) is 1.62. The monoisotopic (exact) mass is 247 g/mol. The van der Waals surface area contributed by atoms with Crippen LogP contribution < -0.4 is 5.32 Å². The summed E-state index contributed by atoms with van der Waals surface area (Å²) in [7, 11) is 1.44. The van der Waals surface area contributed by atoms with Crippen LogP contribution in [0.15, 0.2) is 6.07 Å². The number of hydrogen-bond acceptors (Lipinski definition) is 2. The van der Waals surface area contributed by atoms with Crippen molar-refractivity contribution in [2.75, 3.05) is 7.05 Å². The van der Waals surface area contributed by atoms with Crippen LogP contribution in [-0.2, 0) is 17.5 Å². The minimum atomic E-state index is -4.46. The van der Waals surface area contributed by atoms with E-state index in [0.29, 0.717) is 5.69 Å². The molecule has 0 aliphatic heterocycles. The van der Waals surface area contributed by atoms with Crippen molar-refractivity contribution < 1.29 is 18.0 Å². The number of hydrogen-bond donors (Lipinski definition) is 1. The normalized spacial score (nSPS) is 16.0. The second-order valence-electron chi connectivity index (χ2n) is 4.06. The summed E-state index contributed by atoms with van der Waals surface area (Å²) in [6.45, 7) is -0.168. The molecule has 94 valence electrons. The molecule has 1 heterocycles. The molecule has 17 heavy (non-hydrogen) atoms. The van der Waals surface area contributed by atoms with E-state index >= 15 is 0 Å². The molecule has 0 unspecified atom stereocenters. The smallest absolute Gasteiger partial charge is 0.358 e. The van der Waals surface area contributed by atoms with Gasteiger partial charge in [0.1, 0.15) is 6.54 Å². The predicted molar refractivity (Wildman–Crippen MR) is 53.3 cm³/mol. The van der Waals surface area contributed by atoms with Gasteiger partial charge in [0.25, 0.3) is 0 Å². The first kappa shape index (κ1) is 11.9. The number of nitrogens with zero attached hydrogens (tertiary/aromatic N) is 2. The number of amides is 1. The van der Waals surface area contributed by atoms with Crippen molar-refractivity contribution in [1.82, 2.24) is 15.1 Å². The quantitative estimate of drug-likeness (QED) is 0.880. The molecular weight excluding hydrogens is 235 g/mol.